The quantitative estimate of drug-likeness (QED) is 0.461. The molecule has 1 aliphatic heterocycles. The van der Waals surface area contributed by atoms with Gasteiger partial charge >= 0.3 is 0 Å². The zero-order chi connectivity index (χ0) is 17.7. The van der Waals surface area contributed by atoms with Crippen LogP contribution < -0.4 is 5.32 Å². The first-order valence-electron chi connectivity index (χ1n) is 8.34. The lowest BCUT2D eigenvalue weighted by Crippen LogP contribution is -2.04. The average Bonchev–Trinajstić information content (AvgIpc) is 3.23. The maximum atomic E-state index is 6.59. The zero-order valence-electron chi connectivity index (χ0n) is 14.0. The van der Waals surface area contributed by atoms with Crippen molar-refractivity contribution < 1.29 is 0 Å². The minimum atomic E-state index is 0.0521. The third kappa shape index (κ3) is 2.47. The van der Waals surface area contributed by atoms with Crippen LogP contribution in [0.4, 0.5) is 5.69 Å². The zero-order valence-corrected chi connectivity index (χ0v) is 15.6. The number of anilines is 1. The Morgan fingerprint density at radius 2 is 1.85 bits per heavy atom. The maximum Gasteiger partial charge on any atom is 0.164 e. The van der Waals surface area contributed by atoms with Gasteiger partial charge in [-0.25, -0.2) is 9.67 Å². The van der Waals surface area contributed by atoms with Gasteiger partial charge in [0.05, 0.1) is 11.4 Å². The van der Waals surface area contributed by atoms with Crippen molar-refractivity contribution in [1.82, 2.24) is 14.8 Å². The molecule has 0 fully saturated rings. The number of thioether (sulfide) groups is 1. The van der Waals surface area contributed by atoms with Crippen molar-refractivity contribution >= 4 is 40.1 Å². The summed E-state index contributed by atoms with van der Waals surface area (Å²) in [5.74, 6) is 0. The summed E-state index contributed by atoms with van der Waals surface area (Å²) in [7, 11) is 0. The van der Waals surface area contributed by atoms with Gasteiger partial charge in [-0.2, -0.15) is 5.10 Å². The third-order valence-corrected chi connectivity index (χ3v) is 6.05. The third-order valence-electron chi connectivity index (χ3n) is 4.53. The fourth-order valence-corrected chi connectivity index (χ4v) is 4.70. The fourth-order valence-electron chi connectivity index (χ4n) is 3.24. The largest absolute Gasteiger partial charge is 0.368 e. The van der Waals surface area contributed by atoms with Crippen molar-refractivity contribution in [1.29, 1.82) is 0 Å². The number of aromatic nitrogens is 3. The molecule has 1 N–H and O–H groups in total. The number of halogens is 1. The van der Waals surface area contributed by atoms with Gasteiger partial charge < -0.3 is 5.32 Å². The van der Waals surface area contributed by atoms with Crippen LogP contribution in [0.25, 0.3) is 16.7 Å². The van der Waals surface area contributed by atoms with Crippen LogP contribution in [0, 0.1) is 6.92 Å². The summed E-state index contributed by atoms with van der Waals surface area (Å²) in [6, 6.07) is 20.4. The molecule has 2 aromatic carbocycles. The van der Waals surface area contributed by atoms with Gasteiger partial charge in [0, 0.05) is 21.5 Å². The van der Waals surface area contributed by atoms with Gasteiger partial charge in [0.2, 0.25) is 0 Å². The van der Waals surface area contributed by atoms with Crippen molar-refractivity contribution in [2.24, 2.45) is 0 Å². The van der Waals surface area contributed by atoms with Crippen molar-refractivity contribution in [2.75, 3.05) is 5.32 Å². The highest BCUT2D eigenvalue weighted by atomic mass is 35.5. The van der Waals surface area contributed by atoms with Crippen LogP contribution in [0.3, 0.4) is 0 Å². The van der Waals surface area contributed by atoms with E-state index in [0.717, 1.165) is 33.7 Å². The Hall–Kier alpha value is -2.50. The smallest absolute Gasteiger partial charge is 0.164 e. The lowest BCUT2D eigenvalue weighted by atomic mass is 10.2. The second kappa shape index (κ2) is 6.04. The van der Waals surface area contributed by atoms with Gasteiger partial charge in [0.15, 0.2) is 5.65 Å². The van der Waals surface area contributed by atoms with E-state index in [2.05, 4.69) is 28.6 Å². The van der Waals surface area contributed by atoms with Gasteiger partial charge in [-0.15, -0.1) is 0 Å². The highest BCUT2D eigenvalue weighted by molar-refractivity contribution is 8.00. The fraction of sp³-hybridized carbons (Fsp3) is 0.100. The molecule has 5 rings (SSSR count). The molecule has 1 atom stereocenters. The Morgan fingerprint density at radius 3 is 2.65 bits per heavy atom. The number of para-hydroxylation sites is 2. The van der Waals surface area contributed by atoms with Crippen LogP contribution in [0.15, 0.2) is 65.6 Å². The first kappa shape index (κ1) is 15.7. The van der Waals surface area contributed by atoms with Crippen molar-refractivity contribution in [3.05, 3.63) is 77.1 Å². The summed E-state index contributed by atoms with van der Waals surface area (Å²) in [4.78, 5) is 5.92. The van der Waals surface area contributed by atoms with E-state index in [1.165, 1.54) is 4.90 Å². The van der Waals surface area contributed by atoms with Gasteiger partial charge in [-0.1, -0.05) is 53.7 Å². The molecule has 6 heteroatoms. The molecule has 1 aliphatic rings. The molecular formula is C20H15ClN4S. The molecule has 4 aromatic rings. The number of hydrogen-bond acceptors (Lipinski definition) is 4. The molecule has 0 aliphatic carbocycles. The van der Waals surface area contributed by atoms with E-state index in [4.69, 9.17) is 16.6 Å². The molecule has 0 saturated heterocycles. The highest BCUT2D eigenvalue weighted by Crippen LogP contribution is 2.48. The summed E-state index contributed by atoms with van der Waals surface area (Å²) < 4.78 is 1.85. The predicted molar refractivity (Wildman–Crippen MR) is 107 cm³/mol. The summed E-state index contributed by atoms with van der Waals surface area (Å²) >= 11 is 8.35. The van der Waals surface area contributed by atoms with E-state index in [1.807, 2.05) is 54.1 Å². The van der Waals surface area contributed by atoms with Gasteiger partial charge in [0.1, 0.15) is 10.5 Å². The van der Waals surface area contributed by atoms with E-state index in [9.17, 15) is 0 Å². The molecule has 0 bridgehead atoms. The summed E-state index contributed by atoms with van der Waals surface area (Å²) in [6.07, 6.45) is 0. The van der Waals surface area contributed by atoms with Crippen LogP contribution >= 0.6 is 23.4 Å². The number of rotatable bonds is 2. The van der Waals surface area contributed by atoms with Gasteiger partial charge in [-0.3, -0.25) is 0 Å². The number of aryl methyl sites for hydroxylation is 1. The first-order chi connectivity index (χ1) is 12.7. The Morgan fingerprint density at radius 1 is 1.08 bits per heavy atom. The normalized spacial score (nSPS) is 15.8. The Labute approximate surface area is 160 Å². The van der Waals surface area contributed by atoms with Crippen molar-refractivity contribution in [3.63, 3.8) is 0 Å². The lowest BCUT2D eigenvalue weighted by Gasteiger charge is -2.13. The summed E-state index contributed by atoms with van der Waals surface area (Å²) in [5.41, 5.74) is 4.81. The minimum absolute atomic E-state index is 0.0521. The second-order valence-electron chi connectivity index (χ2n) is 6.21. The SMILES string of the molecule is Cc1nn(-c2ccccc2)c2nc(Cl)c(C3Nc4ccccc4S3)cc12. The molecule has 2 aromatic heterocycles. The van der Waals surface area contributed by atoms with E-state index < -0.39 is 0 Å². The van der Waals surface area contributed by atoms with Crippen molar-refractivity contribution in [2.45, 2.75) is 17.2 Å². The monoisotopic (exact) mass is 378 g/mol. The van der Waals surface area contributed by atoms with Crippen LogP contribution in [0.5, 0.6) is 0 Å². The van der Waals surface area contributed by atoms with Crippen molar-refractivity contribution in [3.8, 4) is 5.69 Å². The number of pyridine rings is 1. The maximum absolute atomic E-state index is 6.59. The second-order valence-corrected chi connectivity index (χ2v) is 7.72. The first-order valence-corrected chi connectivity index (χ1v) is 9.60. The highest BCUT2D eigenvalue weighted by Gasteiger charge is 2.26. The number of hydrogen-bond donors (Lipinski definition) is 1. The summed E-state index contributed by atoms with van der Waals surface area (Å²) in [6.45, 7) is 2.01. The standard InChI is InChI=1S/C20H15ClN4S/c1-12-14-11-15(20-22-16-9-5-6-10-17(16)26-20)18(21)23-19(14)25(24-12)13-7-3-2-4-8-13/h2-11,20,22H,1H3. The summed E-state index contributed by atoms with van der Waals surface area (Å²) in [5, 5.41) is 9.78. The predicted octanol–water partition coefficient (Wildman–Crippen LogP) is 5.60. The van der Waals surface area contributed by atoms with Gasteiger partial charge in [0.25, 0.3) is 0 Å². The molecule has 0 radical (unpaired) electrons. The molecule has 3 heterocycles. The minimum Gasteiger partial charge on any atom is -0.368 e. The van der Waals surface area contributed by atoms with Crippen LogP contribution in [0.2, 0.25) is 5.15 Å². The Balaban J connectivity index is 1.62. The van der Waals surface area contributed by atoms with E-state index >= 15 is 0 Å². The molecule has 0 spiro atoms. The number of nitrogens with zero attached hydrogens (tertiary/aromatic N) is 3. The van der Waals surface area contributed by atoms with Gasteiger partial charge in [-0.05, 0) is 37.3 Å². The number of benzene rings is 2. The molecule has 128 valence electrons. The van der Waals surface area contributed by atoms with E-state index in [-0.39, 0.29) is 5.37 Å². The number of fused-ring (bicyclic) bond motifs is 2. The molecule has 26 heavy (non-hydrogen) atoms. The van der Waals surface area contributed by atoms with Crippen LogP contribution in [-0.4, -0.2) is 14.8 Å². The average molecular weight is 379 g/mol. The Bertz CT molecular complexity index is 1100. The molecular weight excluding hydrogens is 364 g/mol. The molecule has 0 amide bonds. The van der Waals surface area contributed by atoms with E-state index in [0.29, 0.717) is 5.15 Å². The van der Waals surface area contributed by atoms with Crippen LogP contribution in [0.1, 0.15) is 16.6 Å². The van der Waals surface area contributed by atoms with E-state index in [1.54, 1.807) is 11.8 Å². The van der Waals surface area contributed by atoms with Crippen LogP contribution in [-0.2, 0) is 0 Å². The molecule has 4 nitrogen and oxygen atoms in total. The molecule has 0 saturated carbocycles. The lowest BCUT2D eigenvalue weighted by molar-refractivity contribution is 0.877. The Kier molecular flexibility index (Phi) is 3.65. The topological polar surface area (TPSA) is 42.7 Å². The molecule has 1 unspecified atom stereocenters. The number of nitrogens with one attached hydrogen (secondary N) is 1.